The van der Waals surface area contributed by atoms with Crippen LogP contribution in [0.15, 0.2) is 12.7 Å². The van der Waals surface area contributed by atoms with Gasteiger partial charge in [0.15, 0.2) is 29.0 Å². The fourth-order valence-electron chi connectivity index (χ4n) is 3.73. The molecule has 0 aliphatic carbocycles. The number of nitrogens with one attached hydrogen (secondary N) is 1. The third-order valence-electron chi connectivity index (χ3n) is 5.70. The van der Waals surface area contributed by atoms with Crippen LogP contribution in [0.25, 0.3) is 11.2 Å². The Balaban J connectivity index is 1.73. The third kappa shape index (κ3) is 7.02. The fraction of sp³-hybridized carbons (Fsp3) is 0.636. The Morgan fingerprint density at radius 3 is 2.83 bits per heavy atom. The molecular weight excluding hydrogens is 493 g/mol. The number of nitrogens with two attached hydrogens (primary N) is 2. The molecule has 3 rings (SSSR count). The molecule has 0 amide bonds. The number of anilines is 1. The minimum Gasteiger partial charge on any atom is -0.480 e. The second-order valence-electron chi connectivity index (χ2n) is 8.32. The maximum absolute atomic E-state index is 12.6. The van der Waals surface area contributed by atoms with Gasteiger partial charge in [0.2, 0.25) is 0 Å². The van der Waals surface area contributed by atoms with Gasteiger partial charge in [0.25, 0.3) is 0 Å². The van der Waals surface area contributed by atoms with Gasteiger partial charge in [-0.2, -0.15) is 0 Å². The van der Waals surface area contributed by atoms with Gasteiger partial charge in [-0.1, -0.05) is 5.92 Å². The summed E-state index contributed by atoms with van der Waals surface area (Å²) < 4.78 is 20.2. The van der Waals surface area contributed by atoms with E-state index in [1.165, 1.54) is 17.2 Å². The molecule has 0 radical (unpaired) electrons. The van der Waals surface area contributed by atoms with Crippen LogP contribution in [0, 0.1) is 11.8 Å². The van der Waals surface area contributed by atoms with Gasteiger partial charge < -0.3 is 36.8 Å². The first-order valence-electron chi connectivity index (χ1n) is 11.6. The van der Waals surface area contributed by atoms with Crippen LogP contribution in [0.4, 0.5) is 10.2 Å². The number of alkyl halides is 1. The number of unbranched alkanes of at least 4 members (excludes halogenated alkanes) is 1. The molecule has 0 spiro atoms. The average Bonchev–Trinajstić information content (AvgIpc) is 3.42. The normalized spacial score (nSPS) is 23.2. The molecule has 6 unspecified atom stereocenters. The SMILES string of the molecule is NCCCC#CC[S+](CCC(N)C(=O)O)CC1OC(n2cnc3c(NCCF)ncnc32)C(O)C1O. The predicted molar refractivity (Wildman–Crippen MR) is 134 cm³/mol. The average molecular weight is 527 g/mol. The van der Waals surface area contributed by atoms with Gasteiger partial charge >= 0.3 is 5.97 Å². The van der Waals surface area contributed by atoms with E-state index in [2.05, 4.69) is 32.1 Å². The first-order valence-corrected chi connectivity index (χ1v) is 13.4. The first kappa shape index (κ1) is 28.0. The number of halogens is 1. The summed E-state index contributed by atoms with van der Waals surface area (Å²) in [6.07, 6.45) is 0.318. The third-order valence-corrected chi connectivity index (χ3v) is 7.86. The number of aliphatic carboxylic acids is 1. The van der Waals surface area contributed by atoms with Crippen molar-refractivity contribution in [3.63, 3.8) is 0 Å². The van der Waals surface area contributed by atoms with Crippen LogP contribution in [-0.2, 0) is 20.4 Å². The van der Waals surface area contributed by atoms with Gasteiger partial charge in [0, 0.05) is 30.3 Å². The minimum absolute atomic E-state index is 0.0608. The number of hydrogen-bond donors (Lipinski definition) is 6. The van der Waals surface area contributed by atoms with Gasteiger partial charge in [0.05, 0.1) is 6.33 Å². The van der Waals surface area contributed by atoms with Gasteiger partial charge in [-0.15, -0.1) is 0 Å². The van der Waals surface area contributed by atoms with E-state index >= 15 is 0 Å². The number of nitrogens with zero attached hydrogens (tertiary/aromatic N) is 4. The molecule has 0 saturated carbocycles. The summed E-state index contributed by atoms with van der Waals surface area (Å²) in [5.74, 6) is 6.82. The van der Waals surface area contributed by atoms with E-state index in [9.17, 15) is 19.4 Å². The molecule has 36 heavy (non-hydrogen) atoms. The van der Waals surface area contributed by atoms with Crippen molar-refractivity contribution >= 4 is 33.8 Å². The number of rotatable bonds is 13. The number of ether oxygens (including phenoxy) is 1. The fourth-order valence-corrected chi connectivity index (χ4v) is 5.79. The summed E-state index contributed by atoms with van der Waals surface area (Å²) in [6.45, 7) is 0.0308. The molecule has 2 aromatic heterocycles. The Labute approximate surface area is 211 Å². The number of carbonyl (C=O) groups is 1. The van der Waals surface area contributed by atoms with E-state index in [4.69, 9.17) is 21.3 Å². The van der Waals surface area contributed by atoms with E-state index in [1.807, 2.05) is 0 Å². The number of aliphatic hydroxyl groups excluding tert-OH is 2. The molecule has 198 valence electrons. The van der Waals surface area contributed by atoms with Gasteiger partial charge in [-0.3, -0.25) is 9.36 Å². The Morgan fingerprint density at radius 2 is 2.11 bits per heavy atom. The standard InChI is InChI=1S/C22H32FN7O5S/c23-6-8-26-19-16-20(28-12-27-19)30(13-29-16)21-18(32)17(31)15(35-21)11-36(9-4-2-1-3-7-24)10-5-14(25)22(33)34/h12-15,17-18,21,31-32H,1,3,5-11,24-25H2,(H-,26,27,28,33,34)/p+1. The molecule has 1 aliphatic heterocycles. The van der Waals surface area contributed by atoms with Crippen LogP contribution < -0.4 is 16.8 Å². The summed E-state index contributed by atoms with van der Waals surface area (Å²) in [6, 6.07) is -0.991. The van der Waals surface area contributed by atoms with Gasteiger partial charge in [-0.05, 0) is 18.9 Å². The van der Waals surface area contributed by atoms with E-state index in [1.54, 1.807) is 0 Å². The van der Waals surface area contributed by atoms with Crippen molar-refractivity contribution in [1.82, 2.24) is 19.5 Å². The molecular formula is C22H33FN7O5S+. The minimum atomic E-state index is -1.26. The topological polar surface area (TPSA) is 195 Å². The van der Waals surface area contributed by atoms with Crippen LogP contribution in [0.2, 0.25) is 0 Å². The molecule has 1 fully saturated rings. The van der Waals surface area contributed by atoms with Crippen molar-refractivity contribution in [2.45, 2.75) is 49.8 Å². The molecule has 0 aromatic carbocycles. The number of carboxylic acids is 1. The molecule has 8 N–H and O–H groups in total. The van der Waals surface area contributed by atoms with E-state index in [0.717, 1.165) is 6.42 Å². The van der Waals surface area contributed by atoms with E-state index in [0.29, 0.717) is 47.2 Å². The molecule has 2 aromatic rings. The molecule has 14 heteroatoms. The van der Waals surface area contributed by atoms with E-state index in [-0.39, 0.29) is 13.0 Å². The molecule has 12 nitrogen and oxygen atoms in total. The second-order valence-corrected chi connectivity index (χ2v) is 10.6. The van der Waals surface area contributed by atoms with Gasteiger partial charge in [0.1, 0.15) is 48.9 Å². The zero-order valence-corrected chi connectivity index (χ0v) is 20.6. The molecule has 1 aliphatic rings. The zero-order valence-electron chi connectivity index (χ0n) is 19.8. The largest absolute Gasteiger partial charge is 0.480 e. The van der Waals surface area contributed by atoms with Crippen LogP contribution in [0.5, 0.6) is 0 Å². The Hall–Kier alpha value is -2.54. The highest BCUT2D eigenvalue weighted by atomic mass is 32.2. The van der Waals surface area contributed by atoms with Crippen LogP contribution in [0.1, 0.15) is 25.5 Å². The molecule has 3 heterocycles. The van der Waals surface area contributed by atoms with Crippen LogP contribution in [-0.4, -0.2) is 102 Å². The number of imidazole rings is 1. The lowest BCUT2D eigenvalue weighted by Crippen LogP contribution is -2.38. The Bertz CT molecular complexity index is 1060. The van der Waals surface area contributed by atoms with Gasteiger partial charge in [-0.25, -0.2) is 19.3 Å². The summed E-state index contributed by atoms with van der Waals surface area (Å²) >= 11 is 0. The Morgan fingerprint density at radius 1 is 1.31 bits per heavy atom. The lowest BCUT2D eigenvalue weighted by molar-refractivity contribution is -0.138. The van der Waals surface area contributed by atoms with Crippen molar-refractivity contribution < 1.29 is 29.2 Å². The summed E-state index contributed by atoms with van der Waals surface area (Å²) in [5, 5.41) is 33.5. The summed E-state index contributed by atoms with van der Waals surface area (Å²) in [7, 11) is -0.429. The number of carboxylic acid groups (broad SMARTS) is 1. The number of aromatic nitrogens is 4. The summed E-state index contributed by atoms with van der Waals surface area (Å²) in [4.78, 5) is 23.7. The van der Waals surface area contributed by atoms with Crippen molar-refractivity contribution in [3.8, 4) is 11.8 Å². The van der Waals surface area contributed by atoms with E-state index < -0.39 is 54.1 Å². The number of fused-ring (bicyclic) bond motifs is 1. The highest BCUT2D eigenvalue weighted by molar-refractivity contribution is 7.97. The van der Waals surface area contributed by atoms with Crippen LogP contribution >= 0.6 is 0 Å². The number of hydrogen-bond acceptors (Lipinski definition) is 10. The summed E-state index contributed by atoms with van der Waals surface area (Å²) in [5.41, 5.74) is 11.9. The quantitative estimate of drug-likeness (QED) is 0.106. The maximum atomic E-state index is 12.6. The van der Waals surface area contributed by atoms with Crippen LogP contribution in [0.3, 0.4) is 0 Å². The smallest absolute Gasteiger partial charge is 0.320 e. The highest BCUT2D eigenvalue weighted by Gasteiger charge is 2.47. The van der Waals surface area contributed by atoms with Crippen molar-refractivity contribution in [3.05, 3.63) is 12.7 Å². The highest BCUT2D eigenvalue weighted by Crippen LogP contribution is 2.33. The Kier molecular flexibility index (Phi) is 10.7. The van der Waals surface area contributed by atoms with Crippen molar-refractivity contribution in [2.75, 3.05) is 42.3 Å². The molecule has 0 bridgehead atoms. The maximum Gasteiger partial charge on any atom is 0.320 e. The second kappa shape index (κ2) is 13.7. The first-order chi connectivity index (χ1) is 17.4. The molecule has 1 saturated heterocycles. The molecule has 6 atom stereocenters. The monoisotopic (exact) mass is 526 g/mol. The lowest BCUT2D eigenvalue weighted by atomic mass is 10.1. The van der Waals surface area contributed by atoms with Crippen molar-refractivity contribution in [2.24, 2.45) is 11.5 Å². The number of aliphatic hydroxyl groups is 2. The van der Waals surface area contributed by atoms with Crippen molar-refractivity contribution in [1.29, 1.82) is 0 Å². The zero-order chi connectivity index (χ0) is 26.1. The predicted octanol–water partition coefficient (Wildman–Crippen LogP) is -1.01. The lowest BCUT2D eigenvalue weighted by Gasteiger charge is -2.16.